The normalized spacial score (nSPS) is 11.2. The Labute approximate surface area is 218 Å². The van der Waals surface area contributed by atoms with Gasteiger partial charge in [-0.2, -0.15) is 23.5 Å². The molecular formula is C31H48OS2. The van der Waals surface area contributed by atoms with E-state index in [2.05, 4.69) is 55.6 Å². The van der Waals surface area contributed by atoms with Crippen molar-refractivity contribution >= 4 is 23.5 Å². The quantitative estimate of drug-likeness (QED) is 0.183. The van der Waals surface area contributed by atoms with Crippen LogP contribution in [0.5, 0.6) is 5.75 Å². The summed E-state index contributed by atoms with van der Waals surface area (Å²) in [6.45, 7) is 4.56. The van der Waals surface area contributed by atoms with E-state index < -0.39 is 0 Å². The summed E-state index contributed by atoms with van der Waals surface area (Å²) in [5, 5.41) is 10.3. The second-order valence-electron chi connectivity index (χ2n) is 9.55. The molecule has 0 bridgehead atoms. The number of unbranched alkanes of at least 4 members (excludes halogenated alkanes) is 10. The van der Waals surface area contributed by atoms with Crippen LogP contribution in [0, 0.1) is 0 Å². The van der Waals surface area contributed by atoms with Crippen molar-refractivity contribution in [2.75, 3.05) is 11.5 Å². The van der Waals surface area contributed by atoms with E-state index in [0.29, 0.717) is 5.75 Å². The highest BCUT2D eigenvalue weighted by Crippen LogP contribution is 2.27. The first-order chi connectivity index (χ1) is 16.7. The Bertz CT molecular complexity index is 774. The first kappa shape index (κ1) is 29.2. The van der Waals surface area contributed by atoms with Gasteiger partial charge in [-0.15, -0.1) is 0 Å². The Morgan fingerprint density at radius 1 is 0.588 bits per heavy atom. The lowest BCUT2D eigenvalue weighted by molar-refractivity contribution is 0.469. The monoisotopic (exact) mass is 500 g/mol. The lowest BCUT2D eigenvalue weighted by Gasteiger charge is -2.13. The highest BCUT2D eigenvalue weighted by Gasteiger charge is 2.09. The predicted molar refractivity (Wildman–Crippen MR) is 156 cm³/mol. The molecule has 0 atom stereocenters. The van der Waals surface area contributed by atoms with Crippen molar-refractivity contribution in [3.63, 3.8) is 0 Å². The summed E-state index contributed by atoms with van der Waals surface area (Å²) in [5.74, 6) is 5.12. The molecule has 2 rings (SSSR count). The number of aromatic hydroxyl groups is 1. The van der Waals surface area contributed by atoms with Gasteiger partial charge < -0.3 is 5.11 Å². The van der Waals surface area contributed by atoms with E-state index in [1.807, 2.05) is 18.2 Å². The van der Waals surface area contributed by atoms with Gasteiger partial charge in [0.25, 0.3) is 0 Å². The maximum atomic E-state index is 10.3. The van der Waals surface area contributed by atoms with Crippen LogP contribution in [0.1, 0.15) is 113 Å². The molecular weight excluding hydrogens is 452 g/mol. The standard InChI is InChI=1S/C31H48OS2/c1-3-5-7-9-11-15-21-33-25-27-19-20-28(24-29-17-13-14-18-31(29)32)30(23-27)26-34-22-16-12-10-8-6-4-2/h13-14,17-20,23,32H,3-12,15-16,21-22,24-26H2,1-2H3. The molecule has 0 heterocycles. The van der Waals surface area contributed by atoms with E-state index in [4.69, 9.17) is 0 Å². The number of hydrogen-bond acceptors (Lipinski definition) is 3. The van der Waals surface area contributed by atoms with Crippen molar-refractivity contribution in [3.8, 4) is 5.75 Å². The fourth-order valence-corrected chi connectivity index (χ4v) is 6.29. The van der Waals surface area contributed by atoms with E-state index >= 15 is 0 Å². The average Bonchev–Trinajstić information content (AvgIpc) is 2.85. The van der Waals surface area contributed by atoms with Gasteiger partial charge in [0.15, 0.2) is 0 Å². The number of hydrogen-bond donors (Lipinski definition) is 1. The van der Waals surface area contributed by atoms with Crippen LogP contribution >= 0.6 is 23.5 Å². The molecule has 0 saturated carbocycles. The van der Waals surface area contributed by atoms with Crippen molar-refractivity contribution in [2.24, 2.45) is 0 Å². The van der Waals surface area contributed by atoms with Crippen LogP contribution in [0.2, 0.25) is 0 Å². The maximum absolute atomic E-state index is 10.3. The third kappa shape index (κ3) is 12.6. The van der Waals surface area contributed by atoms with Gasteiger partial charge in [0.2, 0.25) is 0 Å². The van der Waals surface area contributed by atoms with Crippen LogP contribution in [0.4, 0.5) is 0 Å². The Morgan fingerprint density at radius 2 is 1.18 bits per heavy atom. The van der Waals surface area contributed by atoms with E-state index in [-0.39, 0.29) is 0 Å². The second-order valence-corrected chi connectivity index (χ2v) is 11.8. The highest BCUT2D eigenvalue weighted by atomic mass is 32.2. The summed E-state index contributed by atoms with van der Waals surface area (Å²) in [6, 6.07) is 14.8. The minimum Gasteiger partial charge on any atom is -0.508 e. The number of rotatable bonds is 20. The van der Waals surface area contributed by atoms with Crippen LogP contribution in [-0.2, 0) is 17.9 Å². The molecule has 0 saturated heterocycles. The molecule has 0 aliphatic carbocycles. The zero-order chi connectivity index (χ0) is 24.3. The van der Waals surface area contributed by atoms with Crippen LogP contribution in [-0.4, -0.2) is 16.6 Å². The first-order valence-corrected chi connectivity index (χ1v) is 16.1. The molecule has 190 valence electrons. The first-order valence-electron chi connectivity index (χ1n) is 13.8. The summed E-state index contributed by atoms with van der Waals surface area (Å²) in [5.41, 5.74) is 5.29. The molecule has 0 spiro atoms. The van der Waals surface area contributed by atoms with Gasteiger partial charge in [-0.1, -0.05) is 114 Å². The van der Waals surface area contributed by atoms with E-state index in [1.54, 1.807) is 6.07 Å². The van der Waals surface area contributed by atoms with Crippen molar-refractivity contribution in [3.05, 3.63) is 64.7 Å². The summed E-state index contributed by atoms with van der Waals surface area (Å²) in [7, 11) is 0. The minimum absolute atomic E-state index is 0.409. The number of thioether (sulfide) groups is 2. The predicted octanol–water partition coefficient (Wildman–Crippen LogP) is 10.2. The molecule has 0 unspecified atom stereocenters. The fraction of sp³-hybridized carbons (Fsp3) is 0.613. The van der Waals surface area contributed by atoms with Crippen LogP contribution in [0.15, 0.2) is 42.5 Å². The van der Waals surface area contributed by atoms with Crippen molar-refractivity contribution in [1.82, 2.24) is 0 Å². The topological polar surface area (TPSA) is 20.2 Å². The molecule has 2 aromatic rings. The molecule has 2 aromatic carbocycles. The molecule has 3 heteroatoms. The molecule has 0 radical (unpaired) electrons. The lowest BCUT2D eigenvalue weighted by Crippen LogP contribution is -1.98. The fourth-order valence-electron chi connectivity index (χ4n) is 4.28. The van der Waals surface area contributed by atoms with E-state index in [1.165, 1.54) is 105 Å². The summed E-state index contributed by atoms with van der Waals surface area (Å²) in [4.78, 5) is 0. The molecule has 0 aromatic heterocycles. The molecule has 0 fully saturated rings. The Balaban J connectivity index is 1.86. The van der Waals surface area contributed by atoms with Gasteiger partial charge in [0, 0.05) is 17.9 Å². The maximum Gasteiger partial charge on any atom is 0.119 e. The summed E-state index contributed by atoms with van der Waals surface area (Å²) in [6.07, 6.45) is 17.2. The number of phenolic OH excluding ortho intramolecular Hbond substituents is 1. The summed E-state index contributed by atoms with van der Waals surface area (Å²) >= 11 is 4.17. The van der Waals surface area contributed by atoms with Crippen molar-refractivity contribution < 1.29 is 5.11 Å². The summed E-state index contributed by atoms with van der Waals surface area (Å²) < 4.78 is 0. The van der Waals surface area contributed by atoms with Gasteiger partial charge in [-0.3, -0.25) is 0 Å². The minimum atomic E-state index is 0.409. The van der Waals surface area contributed by atoms with Crippen LogP contribution in [0.3, 0.4) is 0 Å². The molecule has 1 N–H and O–H groups in total. The highest BCUT2D eigenvalue weighted by molar-refractivity contribution is 7.98. The van der Waals surface area contributed by atoms with E-state index in [9.17, 15) is 5.11 Å². The SMILES string of the molecule is CCCCCCCCSCc1ccc(Cc2ccccc2O)c(CSCCCCCCCC)c1. The lowest BCUT2D eigenvalue weighted by atomic mass is 9.98. The zero-order valence-electron chi connectivity index (χ0n) is 21.8. The number of benzene rings is 2. The molecule has 34 heavy (non-hydrogen) atoms. The largest absolute Gasteiger partial charge is 0.508 e. The van der Waals surface area contributed by atoms with Gasteiger partial charge in [-0.25, -0.2) is 0 Å². The smallest absolute Gasteiger partial charge is 0.119 e. The Morgan fingerprint density at radius 3 is 1.82 bits per heavy atom. The van der Waals surface area contributed by atoms with Crippen molar-refractivity contribution in [2.45, 2.75) is 109 Å². The Kier molecular flexibility index (Phi) is 16.4. The molecule has 0 aliphatic rings. The average molecular weight is 501 g/mol. The second kappa shape index (κ2) is 19.2. The molecule has 1 nitrogen and oxygen atoms in total. The third-order valence-electron chi connectivity index (χ3n) is 6.45. The third-order valence-corrected chi connectivity index (χ3v) is 8.66. The number of phenols is 1. The van der Waals surface area contributed by atoms with Gasteiger partial charge in [0.1, 0.15) is 5.75 Å². The zero-order valence-corrected chi connectivity index (χ0v) is 23.5. The van der Waals surface area contributed by atoms with Gasteiger partial charge in [-0.05, 0) is 52.7 Å². The van der Waals surface area contributed by atoms with Gasteiger partial charge >= 0.3 is 0 Å². The number of para-hydroxylation sites is 1. The van der Waals surface area contributed by atoms with Crippen molar-refractivity contribution in [1.29, 1.82) is 0 Å². The van der Waals surface area contributed by atoms with Gasteiger partial charge in [0.05, 0.1) is 0 Å². The molecule has 0 aliphatic heterocycles. The Hall–Kier alpha value is -1.06. The van der Waals surface area contributed by atoms with Crippen LogP contribution in [0.25, 0.3) is 0 Å². The van der Waals surface area contributed by atoms with E-state index in [0.717, 1.165) is 23.5 Å². The van der Waals surface area contributed by atoms with Crippen LogP contribution < -0.4 is 0 Å². The molecule has 0 amide bonds.